The van der Waals surface area contributed by atoms with Gasteiger partial charge in [0.25, 0.3) is 0 Å². The monoisotopic (exact) mass is 227 g/mol. The Balaban J connectivity index is 2.37. The highest BCUT2D eigenvalue weighted by Gasteiger charge is 2.11. The number of hydrogen-bond donors (Lipinski definition) is 1. The molecule has 0 aromatic carbocycles. The van der Waals surface area contributed by atoms with Crippen LogP contribution >= 0.6 is 0 Å². The van der Waals surface area contributed by atoms with E-state index in [0.717, 1.165) is 17.0 Å². The van der Waals surface area contributed by atoms with E-state index in [1.807, 2.05) is 20.8 Å². The maximum atomic E-state index is 10.4. The molecule has 1 heterocycles. The number of carboxylic acid groups (broad SMARTS) is 1. The largest absolute Gasteiger partial charge is 0.481 e. The molecule has 0 aliphatic rings. The van der Waals surface area contributed by atoms with Gasteiger partial charge in [-0.3, -0.25) is 4.79 Å². The van der Waals surface area contributed by atoms with Crippen molar-refractivity contribution in [1.82, 2.24) is 5.16 Å². The topological polar surface area (TPSA) is 72.6 Å². The first-order chi connectivity index (χ1) is 7.50. The molecule has 1 unspecified atom stereocenters. The van der Waals surface area contributed by atoms with Gasteiger partial charge in [-0.2, -0.15) is 0 Å². The Morgan fingerprint density at radius 3 is 2.75 bits per heavy atom. The first kappa shape index (κ1) is 12.7. The van der Waals surface area contributed by atoms with Crippen LogP contribution in [0.4, 0.5) is 0 Å². The summed E-state index contributed by atoms with van der Waals surface area (Å²) in [5.74, 6) is -0.0456. The molecule has 90 valence electrons. The van der Waals surface area contributed by atoms with Gasteiger partial charge in [0, 0.05) is 12.0 Å². The molecule has 1 aromatic heterocycles. The van der Waals surface area contributed by atoms with E-state index in [4.69, 9.17) is 14.4 Å². The number of aromatic nitrogens is 1. The van der Waals surface area contributed by atoms with Crippen LogP contribution in [-0.4, -0.2) is 22.3 Å². The number of carboxylic acids is 1. The highest BCUT2D eigenvalue weighted by atomic mass is 16.5. The van der Waals surface area contributed by atoms with E-state index in [0.29, 0.717) is 13.0 Å². The first-order valence-electron chi connectivity index (χ1n) is 5.26. The third-order valence-corrected chi connectivity index (χ3v) is 2.46. The number of carbonyl (C=O) groups is 1. The van der Waals surface area contributed by atoms with Gasteiger partial charge < -0.3 is 14.4 Å². The first-order valence-corrected chi connectivity index (χ1v) is 5.26. The molecule has 0 amide bonds. The van der Waals surface area contributed by atoms with E-state index in [1.54, 1.807) is 0 Å². The highest BCUT2D eigenvalue weighted by molar-refractivity contribution is 5.66. The summed E-state index contributed by atoms with van der Waals surface area (Å²) >= 11 is 0. The molecule has 0 bridgehead atoms. The molecule has 0 saturated heterocycles. The molecule has 0 aliphatic heterocycles. The van der Waals surface area contributed by atoms with E-state index < -0.39 is 5.97 Å². The van der Waals surface area contributed by atoms with Crippen molar-refractivity contribution in [3.63, 3.8) is 0 Å². The minimum Gasteiger partial charge on any atom is -0.481 e. The van der Waals surface area contributed by atoms with Crippen molar-refractivity contribution in [2.45, 2.75) is 46.3 Å². The van der Waals surface area contributed by atoms with Gasteiger partial charge >= 0.3 is 5.97 Å². The van der Waals surface area contributed by atoms with Crippen LogP contribution in [0.1, 0.15) is 36.8 Å². The van der Waals surface area contributed by atoms with Gasteiger partial charge in [-0.05, 0) is 27.2 Å². The zero-order valence-corrected chi connectivity index (χ0v) is 9.82. The molecule has 0 aliphatic carbocycles. The molecular weight excluding hydrogens is 210 g/mol. The van der Waals surface area contributed by atoms with Crippen LogP contribution in [0.2, 0.25) is 0 Å². The van der Waals surface area contributed by atoms with Crippen molar-refractivity contribution in [2.24, 2.45) is 0 Å². The van der Waals surface area contributed by atoms with Crippen LogP contribution < -0.4 is 0 Å². The van der Waals surface area contributed by atoms with Crippen LogP contribution in [0.15, 0.2) is 4.52 Å². The van der Waals surface area contributed by atoms with E-state index in [-0.39, 0.29) is 12.5 Å². The van der Waals surface area contributed by atoms with Crippen LogP contribution in [0.3, 0.4) is 0 Å². The van der Waals surface area contributed by atoms with Gasteiger partial charge in [0.1, 0.15) is 5.76 Å². The van der Waals surface area contributed by atoms with E-state index in [1.165, 1.54) is 0 Å². The molecular formula is C11H17NO4. The Morgan fingerprint density at radius 2 is 2.25 bits per heavy atom. The Labute approximate surface area is 94.4 Å². The fraction of sp³-hybridized carbons (Fsp3) is 0.636. The Bertz CT molecular complexity index is 339. The summed E-state index contributed by atoms with van der Waals surface area (Å²) in [6, 6.07) is 0. The molecule has 0 spiro atoms. The predicted octanol–water partition coefficient (Wildman–Crippen LogP) is 2.06. The summed E-state index contributed by atoms with van der Waals surface area (Å²) in [5, 5.41) is 12.3. The average molecular weight is 227 g/mol. The van der Waals surface area contributed by atoms with Crippen molar-refractivity contribution in [3.8, 4) is 0 Å². The van der Waals surface area contributed by atoms with Crippen LogP contribution in [-0.2, 0) is 16.1 Å². The number of aliphatic carboxylic acids is 1. The molecule has 5 heteroatoms. The Hall–Kier alpha value is -1.36. The Morgan fingerprint density at radius 1 is 1.56 bits per heavy atom. The van der Waals surface area contributed by atoms with Crippen LogP contribution in [0, 0.1) is 13.8 Å². The standard InChI is InChI=1S/C11H17NO4/c1-7(4-5-11(13)14)15-6-10-8(2)12-16-9(10)3/h7H,4-6H2,1-3H3,(H,13,14). The molecule has 0 saturated carbocycles. The lowest BCUT2D eigenvalue weighted by Gasteiger charge is -2.11. The molecule has 5 nitrogen and oxygen atoms in total. The maximum Gasteiger partial charge on any atom is 0.303 e. The third-order valence-electron chi connectivity index (χ3n) is 2.46. The second-order valence-corrected chi connectivity index (χ2v) is 3.86. The molecule has 1 atom stereocenters. The molecule has 0 fully saturated rings. The number of aryl methyl sites for hydroxylation is 2. The summed E-state index contributed by atoms with van der Waals surface area (Å²) in [6.45, 7) is 5.97. The van der Waals surface area contributed by atoms with E-state index in [9.17, 15) is 4.79 Å². The number of hydrogen-bond acceptors (Lipinski definition) is 4. The summed E-state index contributed by atoms with van der Waals surface area (Å²) in [5.41, 5.74) is 1.77. The minimum absolute atomic E-state index is 0.0789. The SMILES string of the molecule is Cc1noc(C)c1COC(C)CCC(=O)O. The zero-order chi connectivity index (χ0) is 12.1. The van der Waals surface area contributed by atoms with E-state index in [2.05, 4.69) is 5.16 Å². The summed E-state index contributed by atoms with van der Waals surface area (Å²) in [4.78, 5) is 10.4. The van der Waals surface area contributed by atoms with Crippen molar-refractivity contribution in [3.05, 3.63) is 17.0 Å². The molecule has 1 rings (SSSR count). The van der Waals surface area contributed by atoms with Crippen molar-refractivity contribution >= 4 is 5.97 Å². The van der Waals surface area contributed by atoms with Crippen LogP contribution in [0.5, 0.6) is 0 Å². The lowest BCUT2D eigenvalue weighted by atomic mass is 10.2. The summed E-state index contributed by atoms with van der Waals surface area (Å²) < 4.78 is 10.5. The summed E-state index contributed by atoms with van der Waals surface area (Å²) in [7, 11) is 0. The fourth-order valence-corrected chi connectivity index (χ4v) is 1.34. The second-order valence-electron chi connectivity index (χ2n) is 3.86. The summed E-state index contributed by atoms with van der Waals surface area (Å²) in [6.07, 6.45) is 0.561. The van der Waals surface area contributed by atoms with Gasteiger partial charge in [0.05, 0.1) is 18.4 Å². The van der Waals surface area contributed by atoms with Gasteiger partial charge in [-0.15, -0.1) is 0 Å². The normalized spacial score (nSPS) is 12.7. The van der Waals surface area contributed by atoms with Crippen LogP contribution in [0.25, 0.3) is 0 Å². The van der Waals surface area contributed by atoms with Gasteiger partial charge in [-0.1, -0.05) is 5.16 Å². The average Bonchev–Trinajstić information content (AvgIpc) is 2.53. The number of ether oxygens (including phenoxy) is 1. The fourth-order valence-electron chi connectivity index (χ4n) is 1.34. The maximum absolute atomic E-state index is 10.4. The van der Waals surface area contributed by atoms with Crippen molar-refractivity contribution in [2.75, 3.05) is 0 Å². The lowest BCUT2D eigenvalue weighted by molar-refractivity contribution is -0.137. The number of rotatable bonds is 6. The van der Waals surface area contributed by atoms with Gasteiger partial charge in [0.2, 0.25) is 0 Å². The highest BCUT2D eigenvalue weighted by Crippen LogP contribution is 2.15. The van der Waals surface area contributed by atoms with Crippen molar-refractivity contribution < 1.29 is 19.2 Å². The number of nitrogens with zero attached hydrogens (tertiary/aromatic N) is 1. The predicted molar refractivity (Wildman–Crippen MR) is 57.1 cm³/mol. The Kier molecular flexibility index (Phi) is 4.49. The quantitative estimate of drug-likeness (QED) is 0.805. The smallest absolute Gasteiger partial charge is 0.303 e. The van der Waals surface area contributed by atoms with Gasteiger partial charge in [-0.25, -0.2) is 0 Å². The van der Waals surface area contributed by atoms with Crippen molar-refractivity contribution in [1.29, 1.82) is 0 Å². The molecule has 16 heavy (non-hydrogen) atoms. The second kappa shape index (κ2) is 5.65. The zero-order valence-electron chi connectivity index (χ0n) is 9.82. The lowest BCUT2D eigenvalue weighted by Crippen LogP contribution is -2.11. The van der Waals surface area contributed by atoms with Gasteiger partial charge in [0.15, 0.2) is 0 Å². The van der Waals surface area contributed by atoms with E-state index >= 15 is 0 Å². The minimum atomic E-state index is -0.798. The molecule has 1 N–H and O–H groups in total. The third kappa shape index (κ3) is 3.66. The molecule has 1 aromatic rings. The molecule has 0 radical (unpaired) electrons.